The van der Waals surface area contributed by atoms with Gasteiger partial charge >= 0.3 is 5.97 Å². The van der Waals surface area contributed by atoms with Gasteiger partial charge in [-0.05, 0) is 24.6 Å². The summed E-state index contributed by atoms with van der Waals surface area (Å²) in [6.07, 6.45) is 3.96. The van der Waals surface area contributed by atoms with Crippen molar-refractivity contribution in [3.8, 4) is 11.3 Å². The second kappa shape index (κ2) is 7.33. The van der Waals surface area contributed by atoms with Crippen LogP contribution in [0.15, 0.2) is 30.6 Å². The Morgan fingerprint density at radius 3 is 3.03 bits per heavy atom. The number of hydrogen-bond acceptors (Lipinski definition) is 6. The molecule has 0 radical (unpaired) electrons. The number of pyridine rings is 2. The van der Waals surface area contributed by atoms with Crippen LogP contribution in [0.3, 0.4) is 0 Å². The molecule has 0 bridgehead atoms. The Balaban J connectivity index is 1.62. The number of anilines is 1. The minimum atomic E-state index is -1.04. The monoisotopic (exact) mass is 425 g/mol. The first kappa shape index (κ1) is 19.5. The number of carbonyl (C=O) groups is 2. The lowest BCUT2D eigenvalue weighted by molar-refractivity contribution is 0.0696. The van der Waals surface area contributed by atoms with Gasteiger partial charge in [0.05, 0.1) is 23.4 Å². The topological polar surface area (TPSA) is 131 Å². The third-order valence-electron chi connectivity index (χ3n) is 5.73. The Hall–Kier alpha value is -3.50. The van der Waals surface area contributed by atoms with Gasteiger partial charge in [0.2, 0.25) is 0 Å². The number of nitrogens with zero attached hydrogens (tertiary/aromatic N) is 2. The van der Waals surface area contributed by atoms with Crippen LogP contribution in [0.5, 0.6) is 0 Å². The second-order valence-electron chi connectivity index (χ2n) is 7.72. The van der Waals surface area contributed by atoms with Crippen LogP contribution in [-0.2, 0) is 11.3 Å². The highest BCUT2D eigenvalue weighted by Crippen LogP contribution is 2.34. The molecule has 2 aliphatic rings. The minimum absolute atomic E-state index is 0.0362. The molecule has 2 atom stereocenters. The van der Waals surface area contributed by atoms with E-state index in [4.69, 9.17) is 10.5 Å². The van der Waals surface area contributed by atoms with Gasteiger partial charge in [0.1, 0.15) is 0 Å². The summed E-state index contributed by atoms with van der Waals surface area (Å²) >= 11 is 0. The number of carbonyl (C=O) groups excluding carboxylic acids is 1. The number of aromatic nitrogens is 2. The number of nitrogens with two attached hydrogens (primary N) is 1. The number of rotatable bonds is 4. The molecule has 10 heteroatoms. The average molecular weight is 425 g/mol. The van der Waals surface area contributed by atoms with Crippen LogP contribution in [0.2, 0.25) is 0 Å². The highest BCUT2D eigenvalue weighted by Gasteiger charge is 2.32. The molecule has 3 aromatic heterocycles. The van der Waals surface area contributed by atoms with Crippen LogP contribution in [0.25, 0.3) is 16.8 Å². The lowest BCUT2D eigenvalue weighted by atomic mass is 10.0. The van der Waals surface area contributed by atoms with Gasteiger partial charge in [0.25, 0.3) is 5.91 Å². The predicted molar refractivity (Wildman–Crippen MR) is 110 cm³/mol. The molecular formula is C21H20FN5O4. The van der Waals surface area contributed by atoms with E-state index >= 15 is 4.39 Å². The first-order valence-electron chi connectivity index (χ1n) is 9.88. The molecule has 0 aliphatic carbocycles. The van der Waals surface area contributed by atoms with Crippen molar-refractivity contribution in [3.63, 3.8) is 0 Å². The molecule has 5 heterocycles. The molecule has 5 rings (SSSR count). The first-order chi connectivity index (χ1) is 14.9. The Bertz CT molecular complexity index is 1220. The molecule has 2 unspecified atom stereocenters. The number of hydrogen-bond donors (Lipinski definition) is 4. The largest absolute Gasteiger partial charge is 0.478 e. The third kappa shape index (κ3) is 3.29. The molecule has 9 nitrogen and oxygen atoms in total. The van der Waals surface area contributed by atoms with Crippen LogP contribution in [0.4, 0.5) is 10.2 Å². The minimum Gasteiger partial charge on any atom is -0.478 e. The zero-order chi connectivity index (χ0) is 21.7. The van der Waals surface area contributed by atoms with E-state index in [0.29, 0.717) is 36.4 Å². The number of carboxylic acid groups (broad SMARTS) is 1. The fraction of sp³-hybridized carbons (Fsp3) is 0.286. The van der Waals surface area contributed by atoms with E-state index in [0.717, 1.165) is 0 Å². The smallest absolute Gasteiger partial charge is 0.335 e. The summed E-state index contributed by atoms with van der Waals surface area (Å²) in [5, 5.41) is 15.0. The molecule has 1 amide bonds. The second-order valence-corrected chi connectivity index (χ2v) is 7.72. The maximum absolute atomic E-state index is 15.2. The highest BCUT2D eigenvalue weighted by atomic mass is 19.1. The Morgan fingerprint density at radius 2 is 2.26 bits per heavy atom. The fourth-order valence-corrected chi connectivity index (χ4v) is 4.07. The molecule has 1 saturated heterocycles. The zero-order valence-corrected chi connectivity index (χ0v) is 16.4. The predicted octanol–water partition coefficient (Wildman–Crippen LogP) is 1.61. The molecule has 5 N–H and O–H groups in total. The summed E-state index contributed by atoms with van der Waals surface area (Å²) in [7, 11) is 0. The van der Waals surface area contributed by atoms with Crippen LogP contribution in [-0.4, -0.2) is 51.7 Å². The number of halogens is 1. The molecule has 3 aromatic rings. The normalized spacial score (nSPS) is 20.5. The quantitative estimate of drug-likeness (QED) is 0.499. The van der Waals surface area contributed by atoms with E-state index < -0.39 is 17.7 Å². The Morgan fingerprint density at radius 1 is 1.42 bits per heavy atom. The van der Waals surface area contributed by atoms with Gasteiger partial charge in [-0.3, -0.25) is 4.79 Å². The van der Waals surface area contributed by atoms with Crippen molar-refractivity contribution >= 4 is 23.2 Å². The lowest BCUT2D eigenvalue weighted by Crippen LogP contribution is -2.48. The van der Waals surface area contributed by atoms with E-state index in [1.54, 1.807) is 22.9 Å². The number of fused-ring (bicyclic) bond motifs is 2. The third-order valence-corrected chi connectivity index (χ3v) is 5.73. The van der Waals surface area contributed by atoms with Crippen molar-refractivity contribution in [2.24, 2.45) is 5.73 Å². The molecule has 0 spiro atoms. The Kier molecular flexibility index (Phi) is 4.60. The van der Waals surface area contributed by atoms with E-state index in [9.17, 15) is 14.7 Å². The molecule has 0 saturated carbocycles. The summed E-state index contributed by atoms with van der Waals surface area (Å²) in [5.41, 5.74) is 8.20. The highest BCUT2D eigenvalue weighted by molar-refractivity contribution is 6.04. The molecule has 31 heavy (non-hydrogen) atoms. The summed E-state index contributed by atoms with van der Waals surface area (Å²) in [6.45, 7) is 0.954. The van der Waals surface area contributed by atoms with Crippen molar-refractivity contribution < 1.29 is 23.8 Å². The zero-order valence-electron chi connectivity index (χ0n) is 16.4. The van der Waals surface area contributed by atoms with Gasteiger partial charge in [-0.2, -0.15) is 0 Å². The van der Waals surface area contributed by atoms with Gasteiger partial charge < -0.3 is 30.6 Å². The van der Waals surface area contributed by atoms with E-state index in [1.165, 1.54) is 12.1 Å². The Labute approximate surface area is 176 Å². The van der Waals surface area contributed by atoms with Gasteiger partial charge in [0.15, 0.2) is 11.6 Å². The number of carboxylic acids is 1. The molecule has 2 aliphatic heterocycles. The SMILES string of the molecule is NC1COCCC1Nc1nc(-c2cc3cc(C(=O)O)ccn3c2)c2c(c1F)CNC2=O. The van der Waals surface area contributed by atoms with Crippen LogP contribution >= 0.6 is 0 Å². The van der Waals surface area contributed by atoms with E-state index in [2.05, 4.69) is 15.6 Å². The van der Waals surface area contributed by atoms with Crippen molar-refractivity contribution in [2.45, 2.75) is 25.0 Å². The van der Waals surface area contributed by atoms with Crippen LogP contribution in [0.1, 0.15) is 32.7 Å². The standard InChI is InChI=1S/C21H20FN5O4/c22-17-13-7-24-20(28)16(13)18(26-19(17)25-15-2-4-31-9-14(15)23)11-6-12-5-10(21(29)30)1-3-27(12)8-11/h1,3,5-6,8,14-15H,2,4,7,9,23H2,(H,24,28)(H,25,26)(H,29,30). The van der Waals surface area contributed by atoms with Crippen molar-refractivity contribution in [2.75, 3.05) is 18.5 Å². The van der Waals surface area contributed by atoms with Gasteiger partial charge in [-0.15, -0.1) is 0 Å². The number of amides is 1. The van der Waals surface area contributed by atoms with Gasteiger partial charge in [0, 0.05) is 54.3 Å². The number of ether oxygens (including phenoxy) is 1. The first-order valence-corrected chi connectivity index (χ1v) is 9.88. The number of aromatic carboxylic acids is 1. The van der Waals surface area contributed by atoms with Gasteiger partial charge in [-0.1, -0.05) is 0 Å². The van der Waals surface area contributed by atoms with Gasteiger partial charge in [-0.25, -0.2) is 14.2 Å². The fourth-order valence-electron chi connectivity index (χ4n) is 4.07. The van der Waals surface area contributed by atoms with E-state index in [1.807, 2.05) is 0 Å². The summed E-state index contributed by atoms with van der Waals surface area (Å²) < 4.78 is 22.3. The van der Waals surface area contributed by atoms with E-state index in [-0.39, 0.29) is 41.1 Å². The summed E-state index contributed by atoms with van der Waals surface area (Å²) in [4.78, 5) is 28.2. The molecular weight excluding hydrogens is 405 g/mol. The maximum atomic E-state index is 15.2. The average Bonchev–Trinajstić information content (AvgIpc) is 3.35. The van der Waals surface area contributed by atoms with Crippen LogP contribution in [0, 0.1) is 5.82 Å². The summed E-state index contributed by atoms with van der Waals surface area (Å²) in [6, 6.07) is 4.21. The summed E-state index contributed by atoms with van der Waals surface area (Å²) in [5.74, 6) is -1.97. The van der Waals surface area contributed by atoms with Crippen molar-refractivity contribution in [3.05, 3.63) is 53.1 Å². The molecule has 0 aromatic carbocycles. The van der Waals surface area contributed by atoms with Crippen molar-refractivity contribution in [1.29, 1.82) is 0 Å². The molecule has 160 valence electrons. The van der Waals surface area contributed by atoms with Crippen LogP contribution < -0.4 is 16.4 Å². The lowest BCUT2D eigenvalue weighted by Gasteiger charge is -2.30. The maximum Gasteiger partial charge on any atom is 0.335 e. The van der Waals surface area contributed by atoms with Crippen molar-refractivity contribution in [1.82, 2.24) is 14.7 Å². The number of nitrogens with one attached hydrogen (secondary N) is 2. The molecule has 1 fully saturated rings.